The largest absolute Gasteiger partial charge is 0.396 e. The number of aliphatic hydroxyl groups excluding tert-OH is 1. The Kier molecular flexibility index (Phi) is 80.4. The van der Waals surface area contributed by atoms with Crippen molar-refractivity contribution in [2.24, 2.45) is 11.8 Å². The van der Waals surface area contributed by atoms with E-state index in [-0.39, 0.29) is 1.43 Å². The lowest BCUT2D eigenvalue weighted by Crippen LogP contribution is -2.03. The summed E-state index contributed by atoms with van der Waals surface area (Å²) in [6.07, 6.45) is 69.5. The molecule has 0 amide bonds. The Balaban J connectivity index is -0.000000280. The lowest BCUT2D eigenvalue weighted by Gasteiger charge is -2.15. The molecule has 0 heterocycles. The van der Waals surface area contributed by atoms with Crippen molar-refractivity contribution in [3.05, 3.63) is 12.2 Å². The van der Waals surface area contributed by atoms with Crippen LogP contribution in [0.4, 0.5) is 0 Å². The highest BCUT2D eigenvalue weighted by Gasteiger charge is 2.09. The second-order valence-corrected chi connectivity index (χ2v) is 20.8. The molecule has 66 heavy (non-hydrogen) atoms. The highest BCUT2D eigenvalue weighted by atomic mass is 128. The van der Waals surface area contributed by atoms with E-state index in [1.807, 2.05) is 0 Å². The SMILES string of the molecule is C=C(CCCCCCCC)CCCCCCCCCC.CCCCCCCCCCC(CC=O)CCCCCCCC.CCCCCCCCCCC(CCO)CCCCCCCC.II.[HH]. The van der Waals surface area contributed by atoms with Crippen molar-refractivity contribution in [2.45, 2.75) is 363 Å². The molecular formula is C62H128I2O2. The number of carbonyl (C=O) groups is 1. The smallest absolute Gasteiger partial charge is 0.120 e. The minimum atomic E-state index is 0. The normalized spacial score (nSPS) is 11.8. The van der Waals surface area contributed by atoms with Crippen molar-refractivity contribution in [3.8, 4) is 0 Å². The van der Waals surface area contributed by atoms with Crippen LogP contribution in [-0.2, 0) is 4.79 Å². The van der Waals surface area contributed by atoms with Gasteiger partial charge >= 0.3 is 0 Å². The second kappa shape index (κ2) is 72.4. The molecule has 2 nitrogen and oxygen atoms in total. The van der Waals surface area contributed by atoms with Gasteiger partial charge in [0.05, 0.1) is 0 Å². The number of aldehydes is 1. The van der Waals surface area contributed by atoms with Crippen molar-refractivity contribution in [2.75, 3.05) is 6.61 Å². The monoisotopic (exact) mass is 1160 g/mol. The number of aliphatic hydroxyl groups is 1. The number of halogens is 2. The number of carbonyl (C=O) groups excluding carboxylic acids is 1. The van der Waals surface area contributed by atoms with Gasteiger partial charge in [0.15, 0.2) is 0 Å². The number of unbranched alkanes of at least 4 members (excludes halogenated alkanes) is 36. The maximum absolute atomic E-state index is 10.8. The molecule has 0 fully saturated rings. The first kappa shape index (κ1) is 73.4. The van der Waals surface area contributed by atoms with Crippen molar-refractivity contribution >= 4 is 43.5 Å². The van der Waals surface area contributed by atoms with Gasteiger partial charge in [0.2, 0.25) is 0 Å². The molecule has 0 saturated heterocycles. The molecule has 0 rings (SSSR count). The molecule has 0 aliphatic rings. The first-order valence-electron chi connectivity index (χ1n) is 30.4. The molecule has 2 atom stereocenters. The second-order valence-electron chi connectivity index (χ2n) is 20.8. The van der Waals surface area contributed by atoms with Crippen LogP contribution in [-0.4, -0.2) is 18.0 Å². The third-order valence-electron chi connectivity index (χ3n) is 14.1. The summed E-state index contributed by atoms with van der Waals surface area (Å²) >= 11 is 4.24. The standard InChI is InChI=1S/C21H44O.C21H42O.C20H40.I2.H2/c2*1-3-5-7-9-11-12-14-16-18-21(19-20-22)17-15-13-10-8-6-4-2;1-4-6-8-10-12-13-15-17-19-20(3)18-16-14-11-9-7-5-2;1-2;/h21-22H,3-20H2,1-2H3;20-21H,3-19H2,1-2H3;3-19H2,1-2H3;;1H. The predicted molar refractivity (Wildman–Crippen MR) is 324 cm³/mol. The van der Waals surface area contributed by atoms with E-state index in [1.165, 1.54) is 314 Å². The van der Waals surface area contributed by atoms with Crippen molar-refractivity contribution in [1.82, 2.24) is 0 Å². The van der Waals surface area contributed by atoms with Crippen LogP contribution in [0.5, 0.6) is 0 Å². The van der Waals surface area contributed by atoms with Gasteiger partial charge in [-0.1, -0.05) is 336 Å². The minimum Gasteiger partial charge on any atom is -0.396 e. The fraction of sp³-hybridized carbons (Fsp3) is 0.952. The molecule has 0 aromatic heterocycles. The van der Waals surface area contributed by atoms with E-state index in [4.69, 9.17) is 0 Å². The summed E-state index contributed by atoms with van der Waals surface area (Å²) in [4.78, 5) is 10.8. The average Bonchev–Trinajstić information content (AvgIpc) is 3.33. The van der Waals surface area contributed by atoms with Crippen LogP contribution in [0, 0.1) is 11.8 Å². The minimum absolute atomic E-state index is 0. The van der Waals surface area contributed by atoms with E-state index in [0.717, 1.165) is 25.0 Å². The van der Waals surface area contributed by atoms with Crippen LogP contribution in [0.25, 0.3) is 0 Å². The number of allylic oxidation sites excluding steroid dienone is 1. The van der Waals surface area contributed by atoms with Gasteiger partial charge < -0.3 is 9.90 Å². The molecule has 0 aromatic carbocycles. The summed E-state index contributed by atoms with van der Waals surface area (Å²) < 4.78 is 0. The first-order valence-corrected chi connectivity index (χ1v) is 36.6. The Morgan fingerprint density at radius 3 is 0.803 bits per heavy atom. The van der Waals surface area contributed by atoms with Gasteiger partial charge in [-0.3, -0.25) is 0 Å². The highest BCUT2D eigenvalue weighted by molar-refractivity contribution is 15.0. The van der Waals surface area contributed by atoms with E-state index in [1.54, 1.807) is 0 Å². The molecule has 0 radical (unpaired) electrons. The fourth-order valence-corrected chi connectivity index (χ4v) is 9.48. The number of hydrogen-bond acceptors (Lipinski definition) is 2. The van der Waals surface area contributed by atoms with Gasteiger partial charge in [0.1, 0.15) is 6.29 Å². The quantitative estimate of drug-likeness (QED) is 0.0285. The maximum atomic E-state index is 10.8. The summed E-state index contributed by atoms with van der Waals surface area (Å²) in [5, 5.41) is 9.23. The molecule has 1 N–H and O–H groups in total. The lowest BCUT2D eigenvalue weighted by atomic mass is 9.92. The lowest BCUT2D eigenvalue weighted by molar-refractivity contribution is -0.108. The van der Waals surface area contributed by atoms with Gasteiger partial charge in [-0.05, 0) is 43.9 Å². The summed E-state index contributed by atoms with van der Waals surface area (Å²) in [6.45, 7) is 18.3. The average molecular weight is 1160 g/mol. The Morgan fingerprint density at radius 2 is 0.576 bits per heavy atom. The number of rotatable bonds is 52. The molecular weight excluding hydrogens is 1030 g/mol. The Hall–Kier alpha value is 0.830. The van der Waals surface area contributed by atoms with Gasteiger partial charge in [0.25, 0.3) is 0 Å². The zero-order valence-electron chi connectivity index (χ0n) is 46.6. The Morgan fingerprint density at radius 1 is 0.364 bits per heavy atom. The third kappa shape index (κ3) is 71.4. The summed E-state index contributed by atoms with van der Waals surface area (Å²) in [7, 11) is 0. The van der Waals surface area contributed by atoms with Crippen LogP contribution in [0.2, 0.25) is 0 Å². The summed E-state index contributed by atoms with van der Waals surface area (Å²) in [5.74, 6) is 1.46. The van der Waals surface area contributed by atoms with Crippen molar-refractivity contribution in [3.63, 3.8) is 0 Å². The van der Waals surface area contributed by atoms with E-state index < -0.39 is 0 Å². The molecule has 4 heteroatoms. The summed E-state index contributed by atoms with van der Waals surface area (Å²) in [6, 6.07) is 0. The van der Waals surface area contributed by atoms with Gasteiger partial charge in [-0.25, -0.2) is 0 Å². The van der Waals surface area contributed by atoms with E-state index in [2.05, 4.69) is 85.4 Å². The van der Waals surface area contributed by atoms with E-state index in [9.17, 15) is 9.90 Å². The zero-order valence-corrected chi connectivity index (χ0v) is 50.9. The van der Waals surface area contributed by atoms with E-state index >= 15 is 0 Å². The van der Waals surface area contributed by atoms with Crippen molar-refractivity contribution in [1.29, 1.82) is 0 Å². The number of hydrogen-bond donors (Lipinski definition) is 1. The van der Waals surface area contributed by atoms with E-state index in [0.29, 0.717) is 12.5 Å². The molecule has 2 unspecified atom stereocenters. The molecule has 0 spiro atoms. The highest BCUT2D eigenvalue weighted by Crippen LogP contribution is 2.24. The molecule has 0 aliphatic heterocycles. The van der Waals surface area contributed by atoms with Crippen LogP contribution in [0.15, 0.2) is 12.2 Å². The molecule has 402 valence electrons. The van der Waals surface area contributed by atoms with Gasteiger partial charge in [0, 0.05) is 51.7 Å². The fourth-order valence-electron chi connectivity index (χ4n) is 9.48. The molecule has 0 aromatic rings. The van der Waals surface area contributed by atoms with Crippen LogP contribution < -0.4 is 0 Å². The first-order chi connectivity index (χ1) is 32.5. The Bertz CT molecular complexity index is 825. The molecule has 0 aliphatic carbocycles. The zero-order chi connectivity index (χ0) is 49.5. The predicted octanol–water partition coefficient (Wildman–Crippen LogP) is 24.6. The van der Waals surface area contributed by atoms with Crippen molar-refractivity contribution < 1.29 is 11.3 Å². The third-order valence-corrected chi connectivity index (χ3v) is 14.1. The van der Waals surface area contributed by atoms with Crippen LogP contribution >= 0.6 is 37.2 Å². The van der Waals surface area contributed by atoms with Crippen LogP contribution in [0.1, 0.15) is 364 Å². The van der Waals surface area contributed by atoms with Gasteiger partial charge in [-0.15, -0.1) is 0 Å². The van der Waals surface area contributed by atoms with Crippen LogP contribution in [0.3, 0.4) is 0 Å². The van der Waals surface area contributed by atoms with Gasteiger partial charge in [-0.2, -0.15) is 0 Å². The molecule has 0 saturated carbocycles. The maximum Gasteiger partial charge on any atom is 0.120 e. The summed E-state index contributed by atoms with van der Waals surface area (Å²) in [5.41, 5.74) is 1.51. The topological polar surface area (TPSA) is 37.3 Å². The Labute approximate surface area is 444 Å². The molecule has 0 bridgehead atoms.